The molecule has 150 valence electrons. The Morgan fingerprint density at radius 1 is 1.11 bits per heavy atom. The third-order valence-electron chi connectivity index (χ3n) is 4.88. The van der Waals surface area contributed by atoms with Crippen LogP contribution in [0.4, 0.5) is 0 Å². The Kier molecular flexibility index (Phi) is 7.64. The van der Waals surface area contributed by atoms with Crippen LogP contribution in [0.25, 0.3) is 5.57 Å². The summed E-state index contributed by atoms with van der Waals surface area (Å²) in [6.07, 6.45) is 2.70. The van der Waals surface area contributed by atoms with E-state index in [1.165, 1.54) is 0 Å². The lowest BCUT2D eigenvalue weighted by molar-refractivity contribution is 0.0938. The maximum Gasteiger partial charge on any atom is 0.251 e. The Morgan fingerprint density at radius 2 is 1.79 bits per heavy atom. The highest BCUT2D eigenvalue weighted by Crippen LogP contribution is 2.24. The number of methoxy groups -OCH3 is 2. The summed E-state index contributed by atoms with van der Waals surface area (Å²) in [6.45, 7) is 6.22. The van der Waals surface area contributed by atoms with Crippen molar-refractivity contribution < 1.29 is 14.3 Å². The largest absolute Gasteiger partial charge is 0.497 e. The number of carbonyl (C=O) groups excluding carboxylic acids is 1. The van der Waals surface area contributed by atoms with E-state index in [9.17, 15) is 4.79 Å². The van der Waals surface area contributed by atoms with Crippen molar-refractivity contribution in [3.8, 4) is 11.5 Å². The molecule has 2 aromatic carbocycles. The molecule has 0 aliphatic heterocycles. The van der Waals surface area contributed by atoms with Crippen LogP contribution in [0.5, 0.6) is 11.5 Å². The molecule has 5 heteroatoms. The van der Waals surface area contributed by atoms with Gasteiger partial charge in [-0.2, -0.15) is 0 Å². The third kappa shape index (κ3) is 5.14. The molecule has 2 aromatic rings. The van der Waals surface area contributed by atoms with Crippen LogP contribution in [0.2, 0.25) is 0 Å². The monoisotopic (exact) mass is 382 g/mol. The topological polar surface area (TPSA) is 73.6 Å². The number of aryl methyl sites for hydroxylation is 2. The first-order chi connectivity index (χ1) is 13.4. The number of amides is 1. The normalized spacial score (nSPS) is 12.4. The fourth-order valence-corrected chi connectivity index (χ4v) is 3.23. The van der Waals surface area contributed by atoms with Gasteiger partial charge in [-0.15, -0.1) is 0 Å². The first-order valence-electron chi connectivity index (χ1n) is 9.39. The molecule has 0 aromatic heterocycles. The Balaban J connectivity index is 2.15. The van der Waals surface area contributed by atoms with Gasteiger partial charge in [0.2, 0.25) is 0 Å². The zero-order chi connectivity index (χ0) is 20.7. The summed E-state index contributed by atoms with van der Waals surface area (Å²) in [7, 11) is 3.25. The van der Waals surface area contributed by atoms with Crippen LogP contribution in [0, 0.1) is 13.8 Å². The van der Waals surface area contributed by atoms with Gasteiger partial charge in [0.15, 0.2) is 0 Å². The number of nitrogens with two attached hydrogens (primary N) is 1. The molecule has 0 aliphatic rings. The molecule has 0 saturated carbocycles. The van der Waals surface area contributed by atoms with Gasteiger partial charge in [-0.3, -0.25) is 4.79 Å². The maximum absolute atomic E-state index is 12.8. The Hall–Kier alpha value is -2.79. The van der Waals surface area contributed by atoms with Crippen LogP contribution in [0.15, 0.2) is 42.5 Å². The average Bonchev–Trinajstić information content (AvgIpc) is 2.71. The number of nitrogens with one attached hydrogen (secondary N) is 1. The molecule has 3 N–H and O–H groups in total. The number of rotatable bonds is 8. The van der Waals surface area contributed by atoms with E-state index in [4.69, 9.17) is 15.2 Å². The summed E-state index contributed by atoms with van der Waals surface area (Å²) < 4.78 is 10.6. The van der Waals surface area contributed by atoms with E-state index in [-0.39, 0.29) is 11.9 Å². The van der Waals surface area contributed by atoms with E-state index in [0.717, 1.165) is 28.0 Å². The van der Waals surface area contributed by atoms with Crippen LogP contribution in [-0.2, 0) is 0 Å². The summed E-state index contributed by atoms with van der Waals surface area (Å²) in [4.78, 5) is 12.8. The lowest BCUT2D eigenvalue weighted by Gasteiger charge is -2.20. The van der Waals surface area contributed by atoms with Gasteiger partial charge in [-0.25, -0.2) is 0 Å². The standard InChI is InChI=1S/C23H30N2O3/c1-6-17(18-7-9-20(27-4)10-8-18)12-19(14-24)25-23(26)21-13-22(28-5)16(3)11-15(21)2/h6-11,13,19H,12,14,24H2,1-5H3,(H,25,26)/b17-6+. The van der Waals surface area contributed by atoms with Gasteiger partial charge < -0.3 is 20.5 Å². The molecule has 28 heavy (non-hydrogen) atoms. The maximum atomic E-state index is 12.8. The summed E-state index contributed by atoms with van der Waals surface area (Å²) in [5.74, 6) is 1.37. The average molecular weight is 383 g/mol. The van der Waals surface area contributed by atoms with Crippen molar-refractivity contribution in [3.63, 3.8) is 0 Å². The van der Waals surface area contributed by atoms with E-state index < -0.39 is 0 Å². The molecule has 0 bridgehead atoms. The second-order valence-corrected chi connectivity index (χ2v) is 6.79. The van der Waals surface area contributed by atoms with Crippen LogP contribution >= 0.6 is 0 Å². The molecule has 0 saturated heterocycles. The van der Waals surface area contributed by atoms with E-state index in [2.05, 4.69) is 11.4 Å². The smallest absolute Gasteiger partial charge is 0.251 e. The molecule has 0 radical (unpaired) electrons. The molecule has 0 heterocycles. The summed E-state index contributed by atoms with van der Waals surface area (Å²) >= 11 is 0. The van der Waals surface area contributed by atoms with Gasteiger partial charge in [0.25, 0.3) is 5.91 Å². The van der Waals surface area contributed by atoms with Crippen LogP contribution in [-0.4, -0.2) is 32.7 Å². The van der Waals surface area contributed by atoms with Crippen LogP contribution < -0.4 is 20.5 Å². The number of ether oxygens (including phenoxy) is 2. The minimum absolute atomic E-state index is 0.142. The number of hydrogen-bond donors (Lipinski definition) is 2. The molecular formula is C23H30N2O3. The van der Waals surface area contributed by atoms with Crippen molar-refractivity contribution in [1.29, 1.82) is 0 Å². The zero-order valence-corrected chi connectivity index (χ0v) is 17.3. The summed E-state index contributed by atoms with van der Waals surface area (Å²) in [5, 5.41) is 3.07. The molecule has 2 rings (SSSR count). The number of carbonyl (C=O) groups is 1. The van der Waals surface area contributed by atoms with E-state index in [1.807, 2.05) is 51.1 Å². The van der Waals surface area contributed by atoms with Crippen molar-refractivity contribution in [1.82, 2.24) is 5.32 Å². The molecule has 5 nitrogen and oxygen atoms in total. The lowest BCUT2D eigenvalue weighted by Crippen LogP contribution is -2.40. The Morgan fingerprint density at radius 3 is 2.32 bits per heavy atom. The van der Waals surface area contributed by atoms with Crippen molar-refractivity contribution >= 4 is 11.5 Å². The van der Waals surface area contributed by atoms with Crippen molar-refractivity contribution in [3.05, 3.63) is 64.7 Å². The predicted octanol–water partition coefficient (Wildman–Crippen LogP) is 3.87. The predicted molar refractivity (Wildman–Crippen MR) is 114 cm³/mol. The number of allylic oxidation sites excluding steroid dienone is 1. The first kappa shape index (κ1) is 21.5. The molecular weight excluding hydrogens is 352 g/mol. The lowest BCUT2D eigenvalue weighted by atomic mass is 9.97. The minimum Gasteiger partial charge on any atom is -0.497 e. The highest BCUT2D eigenvalue weighted by molar-refractivity contribution is 5.96. The van der Waals surface area contributed by atoms with Crippen molar-refractivity contribution in [2.75, 3.05) is 20.8 Å². The number of hydrogen-bond acceptors (Lipinski definition) is 4. The van der Waals surface area contributed by atoms with Crippen LogP contribution in [0.1, 0.15) is 40.4 Å². The van der Waals surface area contributed by atoms with Gasteiger partial charge >= 0.3 is 0 Å². The summed E-state index contributed by atoms with van der Waals surface area (Å²) in [6, 6.07) is 11.4. The quantitative estimate of drug-likeness (QED) is 0.727. The van der Waals surface area contributed by atoms with Gasteiger partial charge in [-0.1, -0.05) is 24.3 Å². The SMILES string of the molecule is C/C=C(\CC(CN)NC(=O)c1cc(OC)c(C)cc1C)c1ccc(OC)cc1. The van der Waals surface area contributed by atoms with Gasteiger partial charge in [-0.05, 0) is 67.7 Å². The molecule has 1 atom stereocenters. The van der Waals surface area contributed by atoms with E-state index >= 15 is 0 Å². The zero-order valence-electron chi connectivity index (χ0n) is 17.3. The highest BCUT2D eigenvalue weighted by Gasteiger charge is 2.18. The van der Waals surface area contributed by atoms with Gasteiger partial charge in [0, 0.05) is 18.2 Å². The fourth-order valence-electron chi connectivity index (χ4n) is 3.23. The summed E-state index contributed by atoms with van der Waals surface area (Å²) in [5.41, 5.74) is 10.7. The van der Waals surface area contributed by atoms with E-state index in [1.54, 1.807) is 20.3 Å². The first-order valence-corrected chi connectivity index (χ1v) is 9.39. The Bertz CT molecular complexity index is 842. The molecule has 0 aliphatic carbocycles. The van der Waals surface area contributed by atoms with Crippen LogP contribution in [0.3, 0.4) is 0 Å². The van der Waals surface area contributed by atoms with Gasteiger partial charge in [0.05, 0.1) is 14.2 Å². The molecule has 0 spiro atoms. The number of benzene rings is 2. The Labute approximate surface area is 167 Å². The van der Waals surface area contributed by atoms with Crippen molar-refractivity contribution in [2.24, 2.45) is 5.73 Å². The minimum atomic E-state index is -0.174. The van der Waals surface area contributed by atoms with Gasteiger partial charge in [0.1, 0.15) is 11.5 Å². The third-order valence-corrected chi connectivity index (χ3v) is 4.88. The van der Waals surface area contributed by atoms with E-state index in [0.29, 0.717) is 24.3 Å². The molecule has 1 amide bonds. The molecule has 0 fully saturated rings. The second kappa shape index (κ2) is 9.95. The second-order valence-electron chi connectivity index (χ2n) is 6.79. The molecule has 1 unspecified atom stereocenters. The fraction of sp³-hybridized carbons (Fsp3) is 0.348. The highest BCUT2D eigenvalue weighted by atomic mass is 16.5. The van der Waals surface area contributed by atoms with Crippen molar-refractivity contribution in [2.45, 2.75) is 33.2 Å².